The van der Waals surface area contributed by atoms with Gasteiger partial charge in [0.2, 0.25) is 11.8 Å². The molecule has 0 atom stereocenters. The van der Waals surface area contributed by atoms with Crippen LogP contribution in [0, 0.1) is 0 Å². The van der Waals surface area contributed by atoms with E-state index in [0.717, 1.165) is 39.1 Å². The Labute approximate surface area is 209 Å². The van der Waals surface area contributed by atoms with Crippen molar-refractivity contribution in [1.29, 1.82) is 0 Å². The summed E-state index contributed by atoms with van der Waals surface area (Å²) in [6.45, 7) is 8.88. The molecule has 0 saturated heterocycles. The lowest BCUT2D eigenvalue weighted by Crippen LogP contribution is -2.35. The van der Waals surface area contributed by atoms with Crippen molar-refractivity contribution in [3.8, 4) is 23.0 Å². The number of nitrogens with one attached hydrogen (secondary N) is 1. The molecule has 1 aliphatic heterocycles. The van der Waals surface area contributed by atoms with Gasteiger partial charge in [-0.15, -0.1) is 5.10 Å². The zero-order valence-electron chi connectivity index (χ0n) is 21.1. The fraction of sp³-hybridized carbons (Fsp3) is 0.440. The number of aryl methyl sites for hydroxylation is 1. The van der Waals surface area contributed by atoms with Crippen LogP contribution in [0.2, 0.25) is 0 Å². The highest BCUT2D eigenvalue weighted by molar-refractivity contribution is 5.91. The Hall–Kier alpha value is -3.70. The Morgan fingerprint density at radius 2 is 2.11 bits per heavy atom. The van der Waals surface area contributed by atoms with Gasteiger partial charge in [0.15, 0.2) is 0 Å². The molecule has 2 N–H and O–H groups in total. The summed E-state index contributed by atoms with van der Waals surface area (Å²) in [6, 6.07) is 2.25. The van der Waals surface area contributed by atoms with E-state index in [0.29, 0.717) is 44.6 Å². The normalized spacial score (nSPS) is 15.4. The maximum absolute atomic E-state index is 9.71. The molecule has 0 fully saturated rings. The molecule has 0 aliphatic carbocycles. The number of hydrogen-bond acceptors (Lipinski definition) is 8. The zero-order valence-corrected chi connectivity index (χ0v) is 21.1. The highest BCUT2D eigenvalue weighted by Crippen LogP contribution is 2.32. The van der Waals surface area contributed by atoms with Crippen molar-refractivity contribution in [2.24, 2.45) is 7.05 Å². The van der Waals surface area contributed by atoms with Gasteiger partial charge in [0.05, 0.1) is 65.9 Å². The van der Waals surface area contributed by atoms with Crippen LogP contribution in [0.5, 0.6) is 11.8 Å². The van der Waals surface area contributed by atoms with E-state index in [1.54, 1.807) is 17.1 Å². The van der Waals surface area contributed by atoms with Crippen molar-refractivity contribution in [1.82, 2.24) is 39.6 Å². The molecule has 5 rings (SSSR count). The van der Waals surface area contributed by atoms with E-state index in [9.17, 15) is 5.11 Å². The van der Waals surface area contributed by atoms with Crippen LogP contribution in [-0.2, 0) is 20.1 Å². The van der Waals surface area contributed by atoms with Gasteiger partial charge in [-0.1, -0.05) is 0 Å². The van der Waals surface area contributed by atoms with Crippen molar-refractivity contribution in [2.45, 2.75) is 39.9 Å². The molecule has 0 spiro atoms. The molecule has 0 aromatic carbocycles. The summed E-state index contributed by atoms with van der Waals surface area (Å²) < 4.78 is 15.7. The number of rotatable bonds is 5. The van der Waals surface area contributed by atoms with E-state index in [4.69, 9.17) is 9.47 Å². The number of pyridine rings is 1. The van der Waals surface area contributed by atoms with Crippen LogP contribution in [0.15, 0.2) is 18.5 Å². The summed E-state index contributed by atoms with van der Waals surface area (Å²) in [6.07, 6.45) is 7.53. The number of nitrogens with zero attached hydrogens (tertiary/aromatic N) is 7. The van der Waals surface area contributed by atoms with Crippen molar-refractivity contribution < 1.29 is 14.6 Å². The van der Waals surface area contributed by atoms with Crippen molar-refractivity contribution in [2.75, 3.05) is 26.4 Å². The van der Waals surface area contributed by atoms with Crippen LogP contribution in [-0.4, -0.2) is 77.2 Å². The van der Waals surface area contributed by atoms with Gasteiger partial charge in [0, 0.05) is 31.6 Å². The van der Waals surface area contributed by atoms with E-state index in [1.807, 2.05) is 36.9 Å². The second kappa shape index (κ2) is 10.1. The van der Waals surface area contributed by atoms with Crippen LogP contribution in [0.25, 0.3) is 34.3 Å². The molecule has 0 amide bonds. The average molecular weight is 493 g/mol. The van der Waals surface area contributed by atoms with Gasteiger partial charge in [-0.2, -0.15) is 10.2 Å². The highest BCUT2D eigenvalue weighted by atomic mass is 16.5. The first-order valence-electron chi connectivity index (χ1n) is 12.2. The molecule has 36 heavy (non-hydrogen) atoms. The molecule has 0 saturated carbocycles. The summed E-state index contributed by atoms with van der Waals surface area (Å²) in [5.41, 5.74) is 5.06. The summed E-state index contributed by atoms with van der Waals surface area (Å²) in [7, 11) is 1.87. The first-order valence-corrected chi connectivity index (χ1v) is 12.2. The summed E-state index contributed by atoms with van der Waals surface area (Å²) >= 11 is 0. The number of hydrogen-bond donors (Lipinski definition) is 2. The third-order valence-corrected chi connectivity index (χ3v) is 6.40. The maximum Gasteiger partial charge on any atom is 0.240 e. The van der Waals surface area contributed by atoms with Crippen LogP contribution < -0.4 is 9.47 Å². The van der Waals surface area contributed by atoms with Gasteiger partial charge in [0.25, 0.3) is 0 Å². The second-order valence-corrected chi connectivity index (χ2v) is 9.00. The number of aromatic amines is 1. The number of H-pyrrole nitrogens is 1. The molecular weight excluding hydrogens is 460 g/mol. The van der Waals surface area contributed by atoms with Crippen molar-refractivity contribution in [3.63, 3.8) is 0 Å². The first kappa shape index (κ1) is 24.0. The molecule has 11 heteroatoms. The van der Waals surface area contributed by atoms with E-state index in [-0.39, 0.29) is 12.6 Å². The van der Waals surface area contributed by atoms with Gasteiger partial charge in [-0.25, -0.2) is 4.68 Å². The third kappa shape index (κ3) is 4.47. The van der Waals surface area contributed by atoms with Crippen LogP contribution in [0.4, 0.5) is 0 Å². The smallest absolute Gasteiger partial charge is 0.240 e. The van der Waals surface area contributed by atoms with Gasteiger partial charge in [0.1, 0.15) is 6.61 Å². The lowest BCUT2D eigenvalue weighted by molar-refractivity contribution is 0.159. The minimum Gasteiger partial charge on any atom is -0.476 e. The Kier molecular flexibility index (Phi) is 6.75. The minimum absolute atomic E-state index is 0.0166. The molecule has 1 aliphatic rings. The van der Waals surface area contributed by atoms with Gasteiger partial charge < -0.3 is 14.6 Å². The van der Waals surface area contributed by atoms with E-state index >= 15 is 0 Å². The number of ether oxygens (including phenoxy) is 2. The molecule has 11 nitrogen and oxygen atoms in total. The number of aliphatic hydroxyl groups excluding tert-OH is 1. The van der Waals surface area contributed by atoms with Gasteiger partial charge in [-0.05, 0) is 39.0 Å². The fourth-order valence-electron chi connectivity index (χ4n) is 4.46. The maximum atomic E-state index is 9.71. The molecule has 0 unspecified atom stereocenters. The van der Waals surface area contributed by atoms with Crippen LogP contribution >= 0.6 is 0 Å². The summed E-state index contributed by atoms with van der Waals surface area (Å²) in [4.78, 5) is 6.95. The van der Waals surface area contributed by atoms with Crippen LogP contribution in [0.3, 0.4) is 0 Å². The van der Waals surface area contributed by atoms with E-state index in [1.165, 1.54) is 0 Å². The Morgan fingerprint density at radius 3 is 2.89 bits per heavy atom. The number of aliphatic hydroxyl groups is 1. The first-order chi connectivity index (χ1) is 17.5. The van der Waals surface area contributed by atoms with Gasteiger partial charge >= 0.3 is 0 Å². The lowest BCUT2D eigenvalue weighted by atomic mass is 10.1. The highest BCUT2D eigenvalue weighted by Gasteiger charge is 2.23. The van der Waals surface area contributed by atoms with E-state index < -0.39 is 0 Å². The standard InChI is InChI=1S/C25H32N8O3/c1-5-35-24-17-6-7-20-18-12-21(26-14-22(18)29-28-20)19-13-27-31(4)25(19)36-11-9-32(16(2)3)15-23(17)33(30-24)8-10-34/h6-7,12-14,16,34H,5,8-11,15H2,1-4H3,(H,28,29)/b7-6+. The molecule has 5 heterocycles. The van der Waals surface area contributed by atoms with Crippen LogP contribution in [0.1, 0.15) is 37.7 Å². The summed E-state index contributed by atoms with van der Waals surface area (Å²) in [5, 5.41) is 27.3. The Bertz CT molecular complexity index is 1380. The molecule has 4 aromatic rings. The Balaban J connectivity index is 1.68. The SMILES string of the molecule is CCOc1nn(CCO)c2c1/C=C/c1n[nH]c3cnc(cc13)-c1cnn(C)c1OCCN(C(C)C)C2. The minimum atomic E-state index is -0.0166. The molecule has 4 aromatic heterocycles. The third-order valence-electron chi connectivity index (χ3n) is 6.40. The van der Waals surface area contributed by atoms with Crippen molar-refractivity contribution >= 4 is 23.1 Å². The Morgan fingerprint density at radius 1 is 1.25 bits per heavy atom. The largest absolute Gasteiger partial charge is 0.476 e. The quantitative estimate of drug-likeness (QED) is 0.437. The second-order valence-electron chi connectivity index (χ2n) is 9.00. The predicted molar refractivity (Wildman–Crippen MR) is 137 cm³/mol. The zero-order chi connectivity index (χ0) is 25.2. The lowest BCUT2D eigenvalue weighted by Gasteiger charge is -2.27. The topological polar surface area (TPSA) is 119 Å². The molecule has 190 valence electrons. The molecule has 0 radical (unpaired) electrons. The fourth-order valence-corrected chi connectivity index (χ4v) is 4.46. The molecule has 2 bridgehead atoms. The van der Waals surface area contributed by atoms with Gasteiger partial charge in [-0.3, -0.25) is 19.7 Å². The average Bonchev–Trinajstić information content (AvgIpc) is 3.52. The predicted octanol–water partition coefficient (Wildman–Crippen LogP) is 2.72. The number of fused-ring (bicyclic) bond motifs is 4. The number of aromatic nitrogens is 7. The molecular formula is C25H32N8O3. The van der Waals surface area contributed by atoms with E-state index in [2.05, 4.69) is 44.1 Å². The monoisotopic (exact) mass is 492 g/mol. The summed E-state index contributed by atoms with van der Waals surface area (Å²) in [5.74, 6) is 1.22. The van der Waals surface area contributed by atoms with Crippen molar-refractivity contribution in [3.05, 3.63) is 35.4 Å².